The fourth-order valence-corrected chi connectivity index (χ4v) is 1.65. The molecule has 0 heterocycles. The summed E-state index contributed by atoms with van der Waals surface area (Å²) >= 11 is 17.0. The van der Waals surface area contributed by atoms with Crippen LogP contribution >= 0.6 is 34.8 Å². The predicted octanol–water partition coefficient (Wildman–Crippen LogP) is 3.41. The molecule has 12 heavy (non-hydrogen) atoms. The van der Waals surface area contributed by atoms with Crippen LogP contribution in [-0.4, -0.2) is 6.79 Å². The molecular formula is C7H4Cl3O2. The quantitative estimate of drug-likeness (QED) is 0.711. The molecule has 0 aromatic heterocycles. The second-order valence-electron chi connectivity index (χ2n) is 1.96. The molecule has 0 unspecified atom stereocenters. The van der Waals surface area contributed by atoms with Gasteiger partial charge in [0.05, 0.1) is 10.0 Å². The minimum atomic E-state index is -0.721. The highest BCUT2D eigenvalue weighted by Gasteiger charge is 2.08. The first-order valence-electron chi connectivity index (χ1n) is 3.00. The number of hydrogen-bond donors (Lipinski definition) is 0. The molecule has 0 bridgehead atoms. The molecule has 0 aliphatic carbocycles. The van der Waals surface area contributed by atoms with Gasteiger partial charge < -0.3 is 4.74 Å². The van der Waals surface area contributed by atoms with Crippen LogP contribution in [0.4, 0.5) is 0 Å². The summed E-state index contributed by atoms with van der Waals surface area (Å²) < 4.78 is 4.64. The van der Waals surface area contributed by atoms with Crippen molar-refractivity contribution in [1.82, 2.24) is 0 Å². The zero-order chi connectivity index (χ0) is 9.14. The molecule has 0 amide bonds. The Balaban J connectivity index is 3.10. The van der Waals surface area contributed by atoms with E-state index in [-0.39, 0.29) is 15.8 Å². The van der Waals surface area contributed by atoms with Gasteiger partial charge in [-0.2, -0.15) is 5.11 Å². The van der Waals surface area contributed by atoms with Crippen molar-refractivity contribution < 1.29 is 9.84 Å². The van der Waals surface area contributed by atoms with E-state index in [1.54, 1.807) is 0 Å². The van der Waals surface area contributed by atoms with Crippen LogP contribution < -0.4 is 4.74 Å². The molecule has 1 aromatic rings. The fraction of sp³-hybridized carbons (Fsp3) is 0.143. The van der Waals surface area contributed by atoms with Crippen molar-refractivity contribution in [2.45, 2.75) is 0 Å². The summed E-state index contributed by atoms with van der Waals surface area (Å²) in [6.07, 6.45) is 0. The maximum Gasteiger partial charge on any atom is 0.221 e. The predicted molar refractivity (Wildman–Crippen MR) is 47.7 cm³/mol. The van der Waals surface area contributed by atoms with Gasteiger partial charge in [-0.3, -0.25) is 0 Å². The summed E-state index contributed by atoms with van der Waals surface area (Å²) in [5, 5.41) is 11.0. The van der Waals surface area contributed by atoms with Crippen molar-refractivity contribution >= 4 is 34.8 Å². The molecule has 2 nitrogen and oxygen atoms in total. The maximum absolute atomic E-state index is 10.1. The second kappa shape index (κ2) is 4.19. The summed E-state index contributed by atoms with van der Waals surface area (Å²) in [6, 6.07) is 2.92. The minimum absolute atomic E-state index is 0.178. The van der Waals surface area contributed by atoms with Crippen LogP contribution in [0.25, 0.3) is 0 Å². The summed E-state index contributed by atoms with van der Waals surface area (Å²) in [6.45, 7) is -0.721. The third-order valence-corrected chi connectivity index (χ3v) is 1.95. The SMILES string of the molecule is [O]COc1c(Cl)cc(Cl)cc1Cl. The number of benzene rings is 1. The van der Waals surface area contributed by atoms with Crippen molar-refractivity contribution in [3.8, 4) is 5.75 Å². The van der Waals surface area contributed by atoms with Crippen LogP contribution in [0.15, 0.2) is 12.1 Å². The van der Waals surface area contributed by atoms with E-state index in [9.17, 15) is 5.11 Å². The summed E-state index contributed by atoms with van der Waals surface area (Å²) in [7, 11) is 0. The van der Waals surface area contributed by atoms with Crippen molar-refractivity contribution in [3.63, 3.8) is 0 Å². The number of halogens is 3. The lowest BCUT2D eigenvalue weighted by molar-refractivity contribution is 0.0377. The normalized spacial score (nSPS) is 10.0. The zero-order valence-electron chi connectivity index (χ0n) is 5.81. The van der Waals surface area contributed by atoms with Gasteiger partial charge in [0, 0.05) is 5.02 Å². The van der Waals surface area contributed by atoms with Gasteiger partial charge in [-0.25, -0.2) is 0 Å². The summed E-state index contributed by atoms with van der Waals surface area (Å²) in [5.74, 6) is 0.178. The van der Waals surface area contributed by atoms with Gasteiger partial charge in [0.25, 0.3) is 0 Å². The Labute approximate surface area is 84.6 Å². The van der Waals surface area contributed by atoms with E-state index in [2.05, 4.69) is 4.74 Å². The highest BCUT2D eigenvalue weighted by molar-refractivity contribution is 6.40. The maximum atomic E-state index is 10.1. The molecular weight excluding hydrogens is 222 g/mol. The monoisotopic (exact) mass is 225 g/mol. The average molecular weight is 226 g/mol. The molecule has 1 radical (unpaired) electrons. The molecule has 65 valence electrons. The highest BCUT2D eigenvalue weighted by Crippen LogP contribution is 2.35. The number of hydrogen-bond acceptors (Lipinski definition) is 1. The van der Waals surface area contributed by atoms with Gasteiger partial charge in [0.1, 0.15) is 0 Å². The van der Waals surface area contributed by atoms with Crippen molar-refractivity contribution in [2.24, 2.45) is 0 Å². The first kappa shape index (κ1) is 9.93. The Bertz CT molecular complexity index is 265. The Morgan fingerprint density at radius 3 is 2.08 bits per heavy atom. The lowest BCUT2D eigenvalue weighted by Crippen LogP contribution is -1.94. The van der Waals surface area contributed by atoms with Crippen molar-refractivity contribution in [3.05, 3.63) is 27.2 Å². The van der Waals surface area contributed by atoms with Gasteiger partial charge in [-0.15, -0.1) is 0 Å². The van der Waals surface area contributed by atoms with E-state index in [0.717, 1.165) is 0 Å². The molecule has 0 spiro atoms. The molecule has 0 aliphatic rings. The topological polar surface area (TPSA) is 29.1 Å². The molecule has 1 rings (SSSR count). The van der Waals surface area contributed by atoms with Crippen molar-refractivity contribution in [2.75, 3.05) is 6.79 Å². The smallest absolute Gasteiger partial charge is 0.221 e. The largest absolute Gasteiger partial charge is 0.462 e. The lowest BCUT2D eigenvalue weighted by Gasteiger charge is -2.05. The molecule has 0 saturated carbocycles. The molecule has 0 N–H and O–H groups in total. The van der Waals surface area contributed by atoms with Crippen LogP contribution in [0.2, 0.25) is 15.1 Å². The standard InChI is InChI=1S/C7H4Cl3O2/c8-4-1-5(9)7(12-3-11)6(10)2-4/h1-2H,3H2. The average Bonchev–Trinajstić information content (AvgIpc) is 1.96. The fourth-order valence-electron chi connectivity index (χ4n) is 0.726. The molecule has 0 aliphatic heterocycles. The molecule has 0 fully saturated rings. The van der Waals surface area contributed by atoms with Crippen LogP contribution in [0.3, 0.4) is 0 Å². The van der Waals surface area contributed by atoms with Crippen LogP contribution in [0, 0.1) is 0 Å². The minimum Gasteiger partial charge on any atom is -0.462 e. The first-order chi connectivity index (χ1) is 5.65. The Kier molecular flexibility index (Phi) is 3.47. The Hall–Kier alpha value is -0.150. The first-order valence-corrected chi connectivity index (χ1v) is 4.14. The van der Waals surface area contributed by atoms with Gasteiger partial charge >= 0.3 is 0 Å². The highest BCUT2D eigenvalue weighted by atomic mass is 35.5. The van der Waals surface area contributed by atoms with Gasteiger partial charge in [-0.05, 0) is 12.1 Å². The summed E-state index contributed by atoms with van der Waals surface area (Å²) in [5.41, 5.74) is 0. The lowest BCUT2D eigenvalue weighted by atomic mass is 10.3. The molecule has 0 saturated heterocycles. The Morgan fingerprint density at radius 1 is 1.17 bits per heavy atom. The Morgan fingerprint density at radius 2 is 1.67 bits per heavy atom. The van der Waals surface area contributed by atoms with E-state index in [0.29, 0.717) is 5.02 Å². The third-order valence-electron chi connectivity index (χ3n) is 1.17. The van der Waals surface area contributed by atoms with E-state index in [1.165, 1.54) is 12.1 Å². The zero-order valence-corrected chi connectivity index (χ0v) is 8.08. The van der Waals surface area contributed by atoms with E-state index >= 15 is 0 Å². The molecule has 5 heteroatoms. The van der Waals surface area contributed by atoms with Crippen molar-refractivity contribution in [1.29, 1.82) is 0 Å². The van der Waals surface area contributed by atoms with Crippen LogP contribution in [0.1, 0.15) is 0 Å². The van der Waals surface area contributed by atoms with Gasteiger partial charge in [0.2, 0.25) is 6.79 Å². The summed E-state index contributed by atoms with van der Waals surface area (Å²) in [4.78, 5) is 0. The molecule has 0 atom stereocenters. The number of ether oxygens (including phenoxy) is 1. The van der Waals surface area contributed by atoms with Crippen LogP contribution in [0.5, 0.6) is 5.75 Å². The van der Waals surface area contributed by atoms with Gasteiger partial charge in [0.15, 0.2) is 5.75 Å². The second-order valence-corrected chi connectivity index (χ2v) is 3.21. The van der Waals surface area contributed by atoms with E-state index in [4.69, 9.17) is 34.8 Å². The van der Waals surface area contributed by atoms with E-state index in [1.807, 2.05) is 0 Å². The van der Waals surface area contributed by atoms with Gasteiger partial charge in [-0.1, -0.05) is 34.8 Å². The van der Waals surface area contributed by atoms with Crippen LogP contribution in [-0.2, 0) is 5.11 Å². The number of rotatable bonds is 2. The van der Waals surface area contributed by atoms with E-state index < -0.39 is 6.79 Å². The third kappa shape index (κ3) is 2.17. The molecule has 1 aromatic carbocycles.